The first kappa shape index (κ1) is 17.1. The molecular weight excluding hydrogens is 372 g/mol. The molecule has 0 aromatic heterocycles. The van der Waals surface area contributed by atoms with Gasteiger partial charge in [0.25, 0.3) is 0 Å². The Morgan fingerprint density at radius 3 is 1.71 bits per heavy atom. The molecule has 0 amide bonds. The van der Waals surface area contributed by atoms with Gasteiger partial charge in [-0.05, 0) is 72.5 Å². The molecule has 0 saturated carbocycles. The third kappa shape index (κ3) is 2.10. The summed E-state index contributed by atoms with van der Waals surface area (Å²) in [6, 6.07) is 36.0. The third-order valence-electron chi connectivity index (χ3n) is 7.43. The molecule has 0 radical (unpaired) electrons. The first-order valence-corrected chi connectivity index (χ1v) is 11.0. The second-order valence-electron chi connectivity index (χ2n) is 9.37. The number of hydrogen-bond donors (Lipinski definition) is 0. The summed E-state index contributed by atoms with van der Waals surface area (Å²) in [5, 5.41) is 2.87. The van der Waals surface area contributed by atoms with Gasteiger partial charge < -0.3 is 0 Å². The average Bonchev–Trinajstić information content (AvgIpc) is 3.15. The summed E-state index contributed by atoms with van der Waals surface area (Å²) >= 11 is 0. The van der Waals surface area contributed by atoms with Gasteiger partial charge in [0.05, 0.1) is 0 Å². The van der Waals surface area contributed by atoms with Crippen molar-refractivity contribution in [2.45, 2.75) is 19.3 Å². The van der Waals surface area contributed by atoms with Gasteiger partial charge in [0.1, 0.15) is 0 Å². The Balaban J connectivity index is 1.57. The van der Waals surface area contributed by atoms with Gasteiger partial charge in [-0.2, -0.15) is 0 Å². The van der Waals surface area contributed by atoms with Gasteiger partial charge in [-0.15, -0.1) is 0 Å². The first-order chi connectivity index (χ1) is 15.1. The lowest BCUT2D eigenvalue weighted by Gasteiger charge is -2.36. The zero-order chi connectivity index (χ0) is 20.7. The van der Waals surface area contributed by atoms with Gasteiger partial charge in [0.15, 0.2) is 0 Å². The Hall–Kier alpha value is -3.64. The van der Waals surface area contributed by atoms with Crippen molar-refractivity contribution in [1.82, 2.24) is 0 Å². The van der Waals surface area contributed by atoms with E-state index in [1.54, 1.807) is 0 Å². The molecule has 31 heavy (non-hydrogen) atoms. The van der Waals surface area contributed by atoms with E-state index in [9.17, 15) is 0 Å². The predicted octanol–water partition coefficient (Wildman–Crippen LogP) is 8.46. The minimum Gasteiger partial charge on any atom is -0.0622 e. The minimum absolute atomic E-state index is 0.0565. The van der Waals surface area contributed by atoms with Crippen LogP contribution in [0.25, 0.3) is 55.3 Å². The lowest BCUT2D eigenvalue weighted by Crippen LogP contribution is -2.23. The maximum atomic E-state index is 2.41. The fourth-order valence-corrected chi connectivity index (χ4v) is 5.89. The van der Waals surface area contributed by atoms with Gasteiger partial charge in [-0.1, -0.05) is 105 Å². The second-order valence-corrected chi connectivity index (χ2v) is 9.37. The van der Waals surface area contributed by atoms with E-state index in [1.807, 2.05) is 0 Å². The molecule has 0 heteroatoms. The van der Waals surface area contributed by atoms with E-state index in [2.05, 4.69) is 111 Å². The van der Waals surface area contributed by atoms with Crippen LogP contribution in [-0.2, 0) is 5.41 Å². The number of rotatable bonds is 1. The van der Waals surface area contributed by atoms with Crippen LogP contribution >= 0.6 is 0 Å². The largest absolute Gasteiger partial charge is 0.0622 e. The Morgan fingerprint density at radius 2 is 1.00 bits per heavy atom. The van der Waals surface area contributed by atoms with Crippen molar-refractivity contribution >= 4 is 10.8 Å². The molecule has 2 aliphatic rings. The first-order valence-electron chi connectivity index (χ1n) is 11.0. The van der Waals surface area contributed by atoms with E-state index in [1.165, 1.54) is 66.4 Å². The van der Waals surface area contributed by atoms with E-state index in [-0.39, 0.29) is 5.41 Å². The van der Waals surface area contributed by atoms with Crippen LogP contribution in [0.2, 0.25) is 0 Å². The minimum atomic E-state index is -0.0565. The molecule has 0 bridgehead atoms. The Bertz CT molecular complexity index is 1500. The predicted molar refractivity (Wildman–Crippen MR) is 131 cm³/mol. The van der Waals surface area contributed by atoms with E-state index in [0.717, 1.165) is 0 Å². The molecule has 0 atom stereocenters. The van der Waals surface area contributed by atoms with E-state index < -0.39 is 0 Å². The van der Waals surface area contributed by atoms with Gasteiger partial charge in [0.2, 0.25) is 0 Å². The van der Waals surface area contributed by atoms with Crippen molar-refractivity contribution in [2.75, 3.05) is 0 Å². The van der Waals surface area contributed by atoms with Crippen molar-refractivity contribution in [2.24, 2.45) is 0 Å². The van der Waals surface area contributed by atoms with Crippen LogP contribution < -0.4 is 0 Å². The second kappa shape index (κ2) is 5.74. The number of benzene rings is 5. The van der Waals surface area contributed by atoms with Crippen molar-refractivity contribution in [3.63, 3.8) is 0 Å². The summed E-state index contributed by atoms with van der Waals surface area (Å²) < 4.78 is 0. The van der Waals surface area contributed by atoms with Crippen LogP contribution in [0.4, 0.5) is 0 Å². The molecule has 0 saturated heterocycles. The van der Waals surface area contributed by atoms with Crippen molar-refractivity contribution in [1.29, 1.82) is 0 Å². The van der Waals surface area contributed by atoms with Crippen molar-refractivity contribution < 1.29 is 0 Å². The smallest absolute Gasteiger partial charge is 0.0159 e. The van der Waals surface area contributed by atoms with Crippen LogP contribution in [0.3, 0.4) is 0 Å². The summed E-state index contributed by atoms with van der Waals surface area (Å²) in [5.74, 6) is 0. The molecule has 146 valence electrons. The average molecular weight is 395 g/mol. The number of hydrogen-bond acceptors (Lipinski definition) is 0. The highest BCUT2D eigenvalue weighted by Crippen LogP contribution is 2.56. The van der Waals surface area contributed by atoms with Gasteiger partial charge in [-0.3, -0.25) is 0 Å². The zero-order valence-electron chi connectivity index (χ0n) is 17.7. The van der Waals surface area contributed by atoms with Crippen LogP contribution in [0.15, 0.2) is 97.1 Å². The van der Waals surface area contributed by atoms with Crippen LogP contribution in [-0.4, -0.2) is 0 Å². The molecule has 0 spiro atoms. The number of fused-ring (bicyclic) bond motifs is 5. The highest BCUT2D eigenvalue weighted by atomic mass is 14.4. The summed E-state index contributed by atoms with van der Waals surface area (Å²) in [7, 11) is 0. The maximum Gasteiger partial charge on any atom is 0.0159 e. The summed E-state index contributed by atoms with van der Waals surface area (Å²) in [4.78, 5) is 0. The normalized spacial score (nSPS) is 14.4. The zero-order valence-corrected chi connectivity index (χ0v) is 17.7. The summed E-state index contributed by atoms with van der Waals surface area (Å²) in [5.41, 5.74) is 13.6. The van der Waals surface area contributed by atoms with Crippen molar-refractivity contribution in [3.05, 3.63) is 108 Å². The van der Waals surface area contributed by atoms with Crippen LogP contribution in [0, 0.1) is 0 Å². The lowest BCUT2D eigenvalue weighted by molar-refractivity contribution is 0.645. The molecular formula is C31H22. The molecule has 0 fully saturated rings. The molecule has 7 rings (SSSR count). The van der Waals surface area contributed by atoms with Crippen molar-refractivity contribution in [3.8, 4) is 44.5 Å². The fraction of sp³-hybridized carbons (Fsp3) is 0.0968. The standard InChI is InChI=1S/C31H22/c1-31(2)27-17-16-25-22-11-7-6-10-21(22)24-14-15-26(30(27)29(24)25)23-13-12-20(18-28(23)31)19-8-4-3-5-9-19/h3-18H,1-2H3. The topological polar surface area (TPSA) is 0 Å². The van der Waals surface area contributed by atoms with Gasteiger partial charge in [-0.25, -0.2) is 0 Å². The molecule has 0 unspecified atom stereocenters. The monoisotopic (exact) mass is 394 g/mol. The molecule has 0 aliphatic heterocycles. The van der Waals surface area contributed by atoms with Crippen LogP contribution in [0.1, 0.15) is 25.0 Å². The Morgan fingerprint density at radius 1 is 0.419 bits per heavy atom. The highest BCUT2D eigenvalue weighted by Gasteiger charge is 2.36. The Labute approximate surface area is 182 Å². The van der Waals surface area contributed by atoms with E-state index in [0.29, 0.717) is 0 Å². The summed E-state index contributed by atoms with van der Waals surface area (Å²) in [6.07, 6.45) is 0. The molecule has 5 aromatic rings. The fourth-order valence-electron chi connectivity index (χ4n) is 5.89. The third-order valence-corrected chi connectivity index (χ3v) is 7.43. The molecule has 0 N–H and O–H groups in total. The highest BCUT2D eigenvalue weighted by molar-refractivity contribution is 6.20. The van der Waals surface area contributed by atoms with Gasteiger partial charge in [0, 0.05) is 5.41 Å². The lowest BCUT2D eigenvalue weighted by atomic mass is 9.67. The molecule has 0 heterocycles. The quantitative estimate of drug-likeness (QED) is 0.262. The van der Waals surface area contributed by atoms with Crippen LogP contribution in [0.5, 0.6) is 0 Å². The molecule has 0 nitrogen and oxygen atoms in total. The maximum absolute atomic E-state index is 2.41. The summed E-state index contributed by atoms with van der Waals surface area (Å²) in [6.45, 7) is 4.77. The SMILES string of the molecule is CC1(C)c2cc(-c3ccccc3)ccc2-c2ccc3c4c(ccc1c24)-c1ccccc1-3. The van der Waals surface area contributed by atoms with Gasteiger partial charge >= 0.3 is 0 Å². The molecule has 5 aromatic carbocycles. The van der Waals surface area contributed by atoms with E-state index in [4.69, 9.17) is 0 Å². The Kier molecular flexibility index (Phi) is 3.16. The van der Waals surface area contributed by atoms with E-state index >= 15 is 0 Å². The molecule has 2 aliphatic carbocycles.